The van der Waals surface area contributed by atoms with Crippen LogP contribution in [-0.4, -0.2) is 34.0 Å². The van der Waals surface area contributed by atoms with Crippen LogP contribution in [0.25, 0.3) is 0 Å². The molecule has 0 aliphatic carbocycles. The number of amides is 1. The molecule has 0 radical (unpaired) electrons. The van der Waals surface area contributed by atoms with Crippen molar-refractivity contribution in [2.75, 3.05) is 14.1 Å². The van der Waals surface area contributed by atoms with Crippen LogP contribution in [0.2, 0.25) is 0 Å². The minimum Gasteiger partial charge on any atom is -0.349 e. The third kappa shape index (κ3) is 3.35. The fraction of sp³-hybridized carbons (Fsp3) is 0.538. The second kappa shape index (κ2) is 6.70. The van der Waals surface area contributed by atoms with Crippen LogP contribution in [0, 0.1) is 11.3 Å². The van der Waals surface area contributed by atoms with E-state index in [1.807, 2.05) is 0 Å². The Balaban J connectivity index is 3.01. The number of nitrogens with zero attached hydrogens (tertiary/aromatic N) is 4. The van der Waals surface area contributed by atoms with Gasteiger partial charge in [-0.1, -0.05) is 0 Å². The molecule has 0 aliphatic rings. The van der Waals surface area contributed by atoms with Crippen LogP contribution < -0.4 is 11.2 Å². The Hall–Kier alpha value is -2.36. The van der Waals surface area contributed by atoms with Crippen LogP contribution in [0.15, 0.2) is 15.8 Å². The van der Waals surface area contributed by atoms with E-state index in [4.69, 9.17) is 5.26 Å². The molecule has 1 aromatic heterocycles. The summed E-state index contributed by atoms with van der Waals surface area (Å²) in [4.78, 5) is 36.9. The van der Waals surface area contributed by atoms with E-state index in [1.54, 1.807) is 27.1 Å². The van der Waals surface area contributed by atoms with E-state index < -0.39 is 11.2 Å². The van der Waals surface area contributed by atoms with Gasteiger partial charge in [0.2, 0.25) is 5.91 Å². The first-order valence-corrected chi connectivity index (χ1v) is 6.36. The molecule has 0 spiro atoms. The number of rotatable bonds is 5. The lowest BCUT2D eigenvalue weighted by Crippen LogP contribution is -2.40. The Morgan fingerprint density at radius 1 is 1.40 bits per heavy atom. The van der Waals surface area contributed by atoms with Crippen LogP contribution >= 0.6 is 0 Å². The molecule has 1 aromatic rings. The molecule has 0 fully saturated rings. The van der Waals surface area contributed by atoms with Gasteiger partial charge in [0, 0.05) is 39.8 Å². The Morgan fingerprint density at radius 2 is 2.05 bits per heavy atom. The molecule has 0 saturated carbocycles. The minimum absolute atomic E-state index is 0.0645. The van der Waals surface area contributed by atoms with Crippen molar-refractivity contribution in [3.63, 3.8) is 0 Å². The van der Waals surface area contributed by atoms with E-state index in [-0.39, 0.29) is 24.4 Å². The van der Waals surface area contributed by atoms with Gasteiger partial charge in [-0.05, 0) is 13.3 Å². The zero-order chi connectivity index (χ0) is 15.3. The smallest absolute Gasteiger partial charge is 0.331 e. The molecular weight excluding hydrogens is 260 g/mol. The Kier molecular flexibility index (Phi) is 5.26. The van der Waals surface area contributed by atoms with Crippen molar-refractivity contribution >= 4 is 5.91 Å². The normalized spacial score (nSPS) is 10.1. The lowest BCUT2D eigenvalue weighted by Gasteiger charge is -2.11. The topological polar surface area (TPSA) is 88.1 Å². The average molecular weight is 278 g/mol. The summed E-state index contributed by atoms with van der Waals surface area (Å²) in [5.41, 5.74) is -1.11. The number of carbonyl (C=O) groups is 1. The number of hydrogen-bond donors (Lipinski definition) is 0. The van der Waals surface area contributed by atoms with Crippen LogP contribution in [-0.2, 0) is 17.9 Å². The summed E-state index contributed by atoms with van der Waals surface area (Å²) in [5.74, 6) is -0.0645. The third-order valence-corrected chi connectivity index (χ3v) is 2.97. The predicted octanol–water partition coefficient (Wildman–Crippen LogP) is -0.230. The second-order valence-electron chi connectivity index (χ2n) is 4.57. The highest BCUT2D eigenvalue weighted by atomic mass is 16.2. The molecular formula is C13H18N4O3. The fourth-order valence-electron chi connectivity index (χ4n) is 1.77. The number of aryl methyl sites for hydroxylation is 1. The van der Waals surface area contributed by atoms with E-state index in [1.165, 1.54) is 15.7 Å². The van der Waals surface area contributed by atoms with E-state index >= 15 is 0 Å². The maximum atomic E-state index is 12.0. The van der Waals surface area contributed by atoms with Crippen LogP contribution in [0.4, 0.5) is 0 Å². The summed E-state index contributed by atoms with van der Waals surface area (Å²) in [6.07, 6.45) is 1.90. The Bertz CT molecular complexity index is 649. The van der Waals surface area contributed by atoms with E-state index in [2.05, 4.69) is 0 Å². The van der Waals surface area contributed by atoms with Gasteiger partial charge in [0.15, 0.2) is 0 Å². The summed E-state index contributed by atoms with van der Waals surface area (Å²) in [5, 5.41) is 8.90. The van der Waals surface area contributed by atoms with Gasteiger partial charge in [-0.15, -0.1) is 0 Å². The highest BCUT2D eigenvalue weighted by Gasteiger charge is 2.11. The van der Waals surface area contributed by atoms with Crippen molar-refractivity contribution in [1.29, 1.82) is 5.26 Å². The second-order valence-corrected chi connectivity index (χ2v) is 4.57. The molecule has 20 heavy (non-hydrogen) atoms. The molecule has 0 aliphatic heterocycles. The monoisotopic (exact) mass is 278 g/mol. The zero-order valence-corrected chi connectivity index (χ0v) is 11.9. The molecule has 0 aromatic carbocycles. The molecule has 0 unspecified atom stereocenters. The van der Waals surface area contributed by atoms with E-state index in [0.29, 0.717) is 13.0 Å². The molecule has 1 amide bonds. The van der Waals surface area contributed by atoms with E-state index in [0.717, 1.165) is 4.57 Å². The van der Waals surface area contributed by atoms with Crippen molar-refractivity contribution in [3.8, 4) is 6.07 Å². The summed E-state index contributed by atoms with van der Waals surface area (Å²) < 4.78 is 2.33. The summed E-state index contributed by atoms with van der Waals surface area (Å²) in [6, 6.07) is 1.79. The molecule has 7 nitrogen and oxygen atoms in total. The van der Waals surface area contributed by atoms with Gasteiger partial charge in [-0.2, -0.15) is 5.26 Å². The molecule has 0 saturated heterocycles. The molecule has 0 bridgehead atoms. The zero-order valence-electron chi connectivity index (χ0n) is 11.9. The first-order chi connectivity index (χ1) is 9.42. The first-order valence-electron chi connectivity index (χ1n) is 6.36. The summed E-state index contributed by atoms with van der Waals surface area (Å²) >= 11 is 0. The largest absolute Gasteiger partial charge is 0.349 e. The average Bonchev–Trinajstić information content (AvgIpc) is 2.42. The number of nitriles is 1. The van der Waals surface area contributed by atoms with Gasteiger partial charge < -0.3 is 4.90 Å². The standard InChI is InChI=1S/C13H18N4O3/c1-4-16-9-10(8-14)12(19)17(13(16)20)7-5-6-11(18)15(2)3/h9H,4-7H2,1-3H3. The lowest BCUT2D eigenvalue weighted by molar-refractivity contribution is -0.128. The van der Waals surface area contributed by atoms with Crippen LogP contribution in [0.5, 0.6) is 0 Å². The SMILES string of the molecule is CCn1cc(C#N)c(=O)n(CCCC(=O)N(C)C)c1=O. The van der Waals surface area contributed by atoms with Crippen molar-refractivity contribution < 1.29 is 4.79 Å². The molecule has 108 valence electrons. The van der Waals surface area contributed by atoms with Crippen molar-refractivity contribution in [2.24, 2.45) is 0 Å². The molecule has 0 N–H and O–H groups in total. The fourth-order valence-corrected chi connectivity index (χ4v) is 1.77. The number of hydrogen-bond acceptors (Lipinski definition) is 4. The number of aromatic nitrogens is 2. The van der Waals surface area contributed by atoms with Gasteiger partial charge in [0.25, 0.3) is 5.56 Å². The van der Waals surface area contributed by atoms with Gasteiger partial charge in [0.05, 0.1) is 0 Å². The quantitative estimate of drug-likeness (QED) is 0.744. The van der Waals surface area contributed by atoms with Crippen molar-refractivity contribution in [1.82, 2.24) is 14.0 Å². The predicted molar refractivity (Wildman–Crippen MR) is 73.3 cm³/mol. The van der Waals surface area contributed by atoms with Crippen LogP contribution in [0.3, 0.4) is 0 Å². The minimum atomic E-state index is -0.598. The Labute approximate surface area is 116 Å². The van der Waals surface area contributed by atoms with Crippen molar-refractivity contribution in [2.45, 2.75) is 32.9 Å². The van der Waals surface area contributed by atoms with Gasteiger partial charge in [0.1, 0.15) is 11.6 Å². The maximum Gasteiger partial charge on any atom is 0.331 e. The van der Waals surface area contributed by atoms with Crippen molar-refractivity contribution in [3.05, 3.63) is 32.6 Å². The molecule has 1 heterocycles. The summed E-state index contributed by atoms with van der Waals surface area (Å²) in [7, 11) is 3.30. The highest BCUT2D eigenvalue weighted by Crippen LogP contribution is 1.96. The van der Waals surface area contributed by atoms with Gasteiger partial charge in [-0.25, -0.2) is 4.79 Å². The third-order valence-electron chi connectivity index (χ3n) is 2.97. The summed E-state index contributed by atoms with van der Waals surface area (Å²) in [6.45, 7) is 2.27. The molecule has 7 heteroatoms. The molecule has 1 rings (SSSR count). The maximum absolute atomic E-state index is 12.0. The Morgan fingerprint density at radius 3 is 2.55 bits per heavy atom. The lowest BCUT2D eigenvalue weighted by atomic mass is 10.2. The van der Waals surface area contributed by atoms with Crippen LogP contribution in [0.1, 0.15) is 25.3 Å². The van der Waals surface area contributed by atoms with E-state index in [9.17, 15) is 14.4 Å². The van der Waals surface area contributed by atoms with Gasteiger partial charge in [-0.3, -0.25) is 18.7 Å². The molecule has 0 atom stereocenters. The highest BCUT2D eigenvalue weighted by molar-refractivity contribution is 5.75. The number of carbonyl (C=O) groups excluding carboxylic acids is 1. The van der Waals surface area contributed by atoms with Gasteiger partial charge >= 0.3 is 5.69 Å². The first kappa shape index (κ1) is 15.7.